The first-order chi connectivity index (χ1) is 35.9. The number of ether oxygens (including phenoxy) is 9. The van der Waals surface area contributed by atoms with Gasteiger partial charge in [0.05, 0.1) is 65.9 Å². The summed E-state index contributed by atoms with van der Waals surface area (Å²) < 4.78 is 66.5. The van der Waals surface area contributed by atoms with Crippen molar-refractivity contribution in [3.8, 4) is 11.8 Å². The van der Waals surface area contributed by atoms with Crippen molar-refractivity contribution in [2.24, 2.45) is 5.92 Å². The number of amides is 2. The summed E-state index contributed by atoms with van der Waals surface area (Å²) in [6, 6.07) is 19.6. The van der Waals surface area contributed by atoms with Crippen molar-refractivity contribution in [3.05, 3.63) is 90.7 Å². The molecule has 0 aliphatic carbocycles. The molecular formula is C52H82N5O17P. The highest BCUT2D eigenvalue weighted by molar-refractivity contribution is 7.44. The van der Waals surface area contributed by atoms with Gasteiger partial charge in [0.25, 0.3) is 8.53 Å². The number of aliphatic hydroxyl groups excluding tert-OH is 3. The number of aliphatic hydroxyl groups is 3. The average Bonchev–Trinajstić information content (AvgIpc) is 3.37. The Balaban J connectivity index is 2.22. The van der Waals surface area contributed by atoms with Crippen LogP contribution in [0.5, 0.6) is 5.75 Å². The van der Waals surface area contributed by atoms with E-state index in [-0.39, 0.29) is 64.4 Å². The van der Waals surface area contributed by atoms with Crippen LogP contribution in [0.2, 0.25) is 0 Å². The van der Waals surface area contributed by atoms with E-state index >= 15 is 0 Å². The molecule has 23 heteroatoms. The summed E-state index contributed by atoms with van der Waals surface area (Å²) in [7, 11) is 1.43. The maximum atomic E-state index is 12.7. The summed E-state index contributed by atoms with van der Waals surface area (Å²) in [5, 5.41) is 48.4. The number of hydrogen-bond acceptors (Lipinski definition) is 20. The lowest BCUT2D eigenvalue weighted by Gasteiger charge is -2.42. The summed E-state index contributed by atoms with van der Waals surface area (Å²) in [6.07, 6.45) is -2.01. The highest BCUT2D eigenvalue weighted by Crippen LogP contribution is 2.47. The topological polar surface area (TPSA) is 277 Å². The van der Waals surface area contributed by atoms with Gasteiger partial charge in [-0.3, -0.25) is 19.7 Å². The standard InChI is InChI=1S/C52H82N5O17P/c1-11-42(21-16-29-64-9)52(43-19-14-13-15-20-43,44-22-24-45(65-10)25-23-44)70-33-46(74-75(71-30-17-26-53)57(12-2)37(3)4)32-68-51(63)55-28-18-27-54-49(62)35-66-36-69-48(34-67-39(6)59)50(73-41(8)61)47(72-40(7)60)31-56-38(5)58/h11,13-16,19-20,22-25,29,37,39,41-42,46-48,50-51,55,59,61,63H,1,12,17-18,21,27-28,30-36H2,2-10H3,(H,54,62)(H,56,58). The number of nitrogens with one attached hydrogen (secondary N) is 3. The molecule has 0 radical (unpaired) electrons. The Kier molecular flexibility index (Phi) is 33.6. The van der Waals surface area contributed by atoms with E-state index in [2.05, 4.69) is 28.6 Å². The maximum absolute atomic E-state index is 12.7. The minimum absolute atomic E-state index is 0.0119. The normalized spacial score (nSPS) is 16.1. The van der Waals surface area contributed by atoms with E-state index in [9.17, 15) is 35.0 Å². The largest absolute Gasteiger partial charge is 0.505 e. The van der Waals surface area contributed by atoms with Crippen LogP contribution >= 0.6 is 8.53 Å². The summed E-state index contributed by atoms with van der Waals surface area (Å²) in [6.45, 7) is 14.9. The number of allylic oxidation sites excluding steroid dienone is 1. The smallest absolute Gasteiger partial charge is 0.303 e. The lowest BCUT2D eigenvalue weighted by Crippen LogP contribution is -2.51. The monoisotopic (exact) mass is 1080 g/mol. The Morgan fingerprint density at radius 1 is 0.893 bits per heavy atom. The average molecular weight is 1080 g/mol. The van der Waals surface area contributed by atoms with Crippen LogP contribution in [0.25, 0.3) is 0 Å². The molecule has 2 rings (SSSR count). The molecule has 0 saturated carbocycles. The summed E-state index contributed by atoms with van der Waals surface area (Å²) in [4.78, 5) is 36.3. The summed E-state index contributed by atoms with van der Waals surface area (Å²) >= 11 is 0. The van der Waals surface area contributed by atoms with Gasteiger partial charge in [-0.15, -0.1) is 6.58 Å². The lowest BCUT2D eigenvalue weighted by molar-refractivity contribution is -0.235. The Morgan fingerprint density at radius 2 is 1.60 bits per heavy atom. The van der Waals surface area contributed by atoms with Crippen LogP contribution in [0, 0.1) is 17.2 Å². The molecule has 422 valence electrons. The van der Waals surface area contributed by atoms with Gasteiger partial charge in [0.1, 0.15) is 49.2 Å². The SMILES string of the molecule is C=CC(CC=COC)C(OCC(COC(O)NCCCNC(=O)COCOC(COC(C)O)C(OC(C)O)C(CNC(C)=O)OC(C)=O)OP(OCCC#N)N(CC)C(C)C)(c1ccccc1)c1ccc(OC)cc1. The molecule has 6 N–H and O–H groups in total. The van der Waals surface area contributed by atoms with Crippen LogP contribution < -0.4 is 20.7 Å². The highest BCUT2D eigenvalue weighted by Gasteiger charge is 2.43. The first kappa shape index (κ1) is 66.4. The zero-order valence-electron chi connectivity index (χ0n) is 44.9. The predicted octanol–water partition coefficient (Wildman–Crippen LogP) is 4.47. The fourth-order valence-corrected chi connectivity index (χ4v) is 9.06. The fourth-order valence-electron chi connectivity index (χ4n) is 7.50. The quantitative estimate of drug-likeness (QED) is 0.0134. The number of hydrogen-bond donors (Lipinski definition) is 6. The van der Waals surface area contributed by atoms with Crippen molar-refractivity contribution >= 4 is 26.3 Å². The van der Waals surface area contributed by atoms with Crippen molar-refractivity contribution in [1.82, 2.24) is 20.6 Å². The molecular weight excluding hydrogens is 998 g/mol. The van der Waals surface area contributed by atoms with Gasteiger partial charge < -0.3 is 77.6 Å². The van der Waals surface area contributed by atoms with Crippen LogP contribution in [0.3, 0.4) is 0 Å². The number of nitrogens with zero attached hydrogens (tertiary/aromatic N) is 2. The van der Waals surface area contributed by atoms with Crippen molar-refractivity contribution < 1.29 is 81.4 Å². The van der Waals surface area contributed by atoms with Crippen LogP contribution in [0.4, 0.5) is 0 Å². The Morgan fingerprint density at radius 3 is 2.19 bits per heavy atom. The van der Waals surface area contributed by atoms with E-state index < -0.39 is 88.7 Å². The Hall–Kier alpha value is -4.67. The molecule has 0 spiro atoms. The highest BCUT2D eigenvalue weighted by atomic mass is 31.2. The number of carbonyl (C=O) groups is 3. The van der Waals surface area contributed by atoms with Gasteiger partial charge in [0.2, 0.25) is 18.2 Å². The van der Waals surface area contributed by atoms with E-state index in [1.807, 2.05) is 92.2 Å². The van der Waals surface area contributed by atoms with Crippen LogP contribution in [-0.4, -0.2) is 167 Å². The van der Waals surface area contributed by atoms with E-state index in [1.54, 1.807) is 20.5 Å². The predicted molar refractivity (Wildman–Crippen MR) is 278 cm³/mol. The molecule has 75 heavy (non-hydrogen) atoms. The number of esters is 1. The van der Waals surface area contributed by atoms with Gasteiger partial charge in [-0.25, -0.2) is 4.67 Å². The number of rotatable bonds is 42. The van der Waals surface area contributed by atoms with Crippen molar-refractivity contribution in [1.29, 1.82) is 5.26 Å². The van der Waals surface area contributed by atoms with E-state index in [4.69, 9.17) is 51.7 Å². The van der Waals surface area contributed by atoms with Gasteiger partial charge in [0, 0.05) is 45.4 Å². The maximum Gasteiger partial charge on any atom is 0.303 e. The first-order valence-electron chi connectivity index (χ1n) is 24.9. The molecule has 0 heterocycles. The van der Waals surface area contributed by atoms with Gasteiger partial charge in [-0.2, -0.15) is 5.26 Å². The molecule has 0 bridgehead atoms. The molecule has 0 aliphatic rings. The summed E-state index contributed by atoms with van der Waals surface area (Å²) in [5.41, 5.74) is 0.521. The lowest BCUT2D eigenvalue weighted by atomic mass is 9.74. The Bertz CT molecular complexity index is 1960. The molecule has 0 aromatic heterocycles. The molecule has 2 aromatic carbocycles. The third kappa shape index (κ3) is 25.4. The van der Waals surface area contributed by atoms with Crippen LogP contribution in [0.15, 0.2) is 79.6 Å². The fraction of sp³-hybridized carbons (Fsp3) is 0.615. The van der Waals surface area contributed by atoms with Crippen molar-refractivity contribution in [2.75, 3.05) is 80.2 Å². The molecule has 0 saturated heterocycles. The summed E-state index contributed by atoms with van der Waals surface area (Å²) in [5.74, 6) is -1.28. The molecule has 22 nitrogen and oxygen atoms in total. The number of methoxy groups -OCH3 is 2. The minimum Gasteiger partial charge on any atom is -0.505 e. The third-order valence-corrected chi connectivity index (χ3v) is 13.0. The van der Waals surface area contributed by atoms with Gasteiger partial charge in [0.15, 0.2) is 12.6 Å². The molecule has 0 fully saturated rings. The minimum atomic E-state index is -1.75. The van der Waals surface area contributed by atoms with Gasteiger partial charge in [-0.05, 0) is 69.9 Å². The zero-order valence-corrected chi connectivity index (χ0v) is 45.8. The molecule has 10 atom stereocenters. The van der Waals surface area contributed by atoms with Crippen LogP contribution in [-0.2, 0) is 66.9 Å². The second-order valence-corrected chi connectivity index (χ2v) is 18.6. The van der Waals surface area contributed by atoms with Gasteiger partial charge in [-0.1, -0.05) is 55.5 Å². The Labute approximate surface area is 443 Å². The van der Waals surface area contributed by atoms with Crippen molar-refractivity contribution in [3.63, 3.8) is 0 Å². The second kappa shape index (κ2) is 38.0. The van der Waals surface area contributed by atoms with E-state index in [0.29, 0.717) is 25.1 Å². The molecule has 2 amide bonds. The van der Waals surface area contributed by atoms with Gasteiger partial charge >= 0.3 is 5.97 Å². The van der Waals surface area contributed by atoms with E-state index in [0.717, 1.165) is 18.1 Å². The molecule has 0 aliphatic heterocycles. The molecule has 10 unspecified atom stereocenters. The first-order valence-corrected chi connectivity index (χ1v) is 26.0. The third-order valence-electron chi connectivity index (χ3n) is 10.9. The van der Waals surface area contributed by atoms with E-state index in [1.165, 1.54) is 20.8 Å². The number of nitriles is 1. The zero-order chi connectivity index (χ0) is 55.6. The van der Waals surface area contributed by atoms with Crippen LogP contribution in [0.1, 0.15) is 78.9 Å². The molecule has 2 aromatic rings. The number of benzene rings is 2. The van der Waals surface area contributed by atoms with Crippen molar-refractivity contribution in [2.45, 2.75) is 123 Å². The number of carbonyl (C=O) groups excluding carboxylic acids is 3. The second-order valence-electron chi connectivity index (χ2n) is 17.1.